The van der Waals surface area contributed by atoms with Gasteiger partial charge in [0.15, 0.2) is 0 Å². The lowest BCUT2D eigenvalue weighted by atomic mass is 10.2. The molecule has 0 atom stereocenters. The molecule has 0 radical (unpaired) electrons. The van der Waals surface area contributed by atoms with Crippen LogP contribution in [0, 0.1) is 0 Å². The number of hydrogen-bond acceptors (Lipinski definition) is 4. The Morgan fingerprint density at radius 1 is 1.20 bits per heavy atom. The maximum Gasteiger partial charge on any atom is 0.226 e. The molecule has 1 aliphatic carbocycles. The molecule has 1 fully saturated rings. The van der Waals surface area contributed by atoms with E-state index in [0.717, 1.165) is 36.4 Å². The highest BCUT2D eigenvalue weighted by Crippen LogP contribution is 2.27. The van der Waals surface area contributed by atoms with Crippen LogP contribution in [-0.4, -0.2) is 29.1 Å². The summed E-state index contributed by atoms with van der Waals surface area (Å²) in [6.07, 6.45) is 8.06. The Kier molecular flexibility index (Phi) is 4.11. The molecular weight excluding hydrogens is 248 g/mol. The molecule has 0 amide bonds. The van der Waals surface area contributed by atoms with Gasteiger partial charge >= 0.3 is 0 Å². The van der Waals surface area contributed by atoms with E-state index in [9.17, 15) is 0 Å². The number of benzene rings is 1. The minimum Gasteiger partial charge on any atom is -0.338 e. The second-order valence-electron chi connectivity index (χ2n) is 5.50. The molecule has 1 aliphatic rings. The van der Waals surface area contributed by atoms with Crippen molar-refractivity contribution in [2.45, 2.75) is 38.1 Å². The average molecular weight is 270 g/mol. The van der Waals surface area contributed by atoms with Crippen molar-refractivity contribution < 1.29 is 0 Å². The fourth-order valence-electron chi connectivity index (χ4n) is 3.02. The van der Waals surface area contributed by atoms with E-state index in [4.69, 9.17) is 10.7 Å². The third-order valence-electron chi connectivity index (χ3n) is 4.10. The van der Waals surface area contributed by atoms with Crippen molar-refractivity contribution in [3.05, 3.63) is 30.5 Å². The molecule has 2 N–H and O–H groups in total. The SMILES string of the molecule is NCCCN(c1ncc2ccccc2n1)C1CCCC1. The fourth-order valence-corrected chi connectivity index (χ4v) is 3.02. The van der Waals surface area contributed by atoms with E-state index >= 15 is 0 Å². The smallest absolute Gasteiger partial charge is 0.226 e. The van der Waals surface area contributed by atoms with E-state index in [0.29, 0.717) is 6.04 Å². The molecule has 1 aromatic carbocycles. The van der Waals surface area contributed by atoms with Crippen molar-refractivity contribution in [1.82, 2.24) is 9.97 Å². The van der Waals surface area contributed by atoms with Gasteiger partial charge < -0.3 is 10.6 Å². The molecule has 4 heteroatoms. The molecular formula is C16H22N4. The van der Waals surface area contributed by atoms with Crippen LogP contribution in [0.15, 0.2) is 30.5 Å². The summed E-state index contributed by atoms with van der Waals surface area (Å²) in [5.41, 5.74) is 6.70. The molecule has 0 bridgehead atoms. The zero-order chi connectivity index (χ0) is 13.8. The molecule has 20 heavy (non-hydrogen) atoms. The number of hydrogen-bond donors (Lipinski definition) is 1. The van der Waals surface area contributed by atoms with Gasteiger partial charge in [-0.05, 0) is 31.9 Å². The molecule has 106 valence electrons. The van der Waals surface area contributed by atoms with Crippen LogP contribution in [-0.2, 0) is 0 Å². The van der Waals surface area contributed by atoms with Gasteiger partial charge in [-0.15, -0.1) is 0 Å². The number of aromatic nitrogens is 2. The number of para-hydroxylation sites is 1. The highest BCUT2D eigenvalue weighted by Gasteiger charge is 2.24. The highest BCUT2D eigenvalue weighted by molar-refractivity contribution is 5.78. The fraction of sp³-hybridized carbons (Fsp3) is 0.500. The van der Waals surface area contributed by atoms with Gasteiger partial charge in [0.2, 0.25) is 5.95 Å². The standard InChI is InChI=1S/C16H22N4/c17-10-5-11-20(14-7-2-3-8-14)16-18-12-13-6-1-4-9-15(13)19-16/h1,4,6,9,12,14H,2-3,5,7-8,10-11,17H2. The number of anilines is 1. The molecule has 4 nitrogen and oxygen atoms in total. The van der Waals surface area contributed by atoms with E-state index in [1.54, 1.807) is 0 Å². The molecule has 0 saturated heterocycles. The Hall–Kier alpha value is -1.68. The zero-order valence-corrected chi connectivity index (χ0v) is 11.8. The van der Waals surface area contributed by atoms with Crippen LogP contribution in [0.4, 0.5) is 5.95 Å². The molecule has 0 aliphatic heterocycles. The summed E-state index contributed by atoms with van der Waals surface area (Å²) in [6.45, 7) is 1.68. The summed E-state index contributed by atoms with van der Waals surface area (Å²) in [5, 5.41) is 1.10. The summed E-state index contributed by atoms with van der Waals surface area (Å²) >= 11 is 0. The number of nitrogens with zero attached hydrogens (tertiary/aromatic N) is 3. The lowest BCUT2D eigenvalue weighted by Gasteiger charge is -2.29. The third kappa shape index (κ3) is 2.75. The molecule has 3 rings (SSSR count). The topological polar surface area (TPSA) is 55.0 Å². The number of rotatable bonds is 5. The summed E-state index contributed by atoms with van der Waals surface area (Å²) in [7, 11) is 0. The maximum atomic E-state index is 5.68. The van der Waals surface area contributed by atoms with Gasteiger partial charge in [-0.3, -0.25) is 0 Å². The van der Waals surface area contributed by atoms with E-state index in [2.05, 4.69) is 22.0 Å². The third-order valence-corrected chi connectivity index (χ3v) is 4.10. The van der Waals surface area contributed by atoms with Crippen molar-refractivity contribution in [3.8, 4) is 0 Å². The second-order valence-corrected chi connectivity index (χ2v) is 5.50. The van der Waals surface area contributed by atoms with E-state index in [1.165, 1.54) is 25.7 Å². The summed E-state index contributed by atoms with van der Waals surface area (Å²) in [6, 6.07) is 8.74. The Morgan fingerprint density at radius 3 is 2.80 bits per heavy atom. The van der Waals surface area contributed by atoms with Crippen LogP contribution in [0.1, 0.15) is 32.1 Å². The van der Waals surface area contributed by atoms with Crippen molar-refractivity contribution in [1.29, 1.82) is 0 Å². The molecule has 0 unspecified atom stereocenters. The Labute approximate surface area is 120 Å². The first-order chi connectivity index (χ1) is 9.88. The number of fused-ring (bicyclic) bond motifs is 1. The molecule has 1 saturated carbocycles. The summed E-state index contributed by atoms with van der Waals surface area (Å²) in [4.78, 5) is 11.7. The summed E-state index contributed by atoms with van der Waals surface area (Å²) in [5.74, 6) is 0.865. The van der Waals surface area contributed by atoms with E-state index < -0.39 is 0 Å². The Bertz CT molecular complexity index is 563. The molecule has 2 aromatic rings. The Balaban J connectivity index is 1.90. The lowest BCUT2D eigenvalue weighted by Crippen LogP contribution is -2.36. The van der Waals surface area contributed by atoms with Crippen molar-refractivity contribution >= 4 is 16.9 Å². The van der Waals surface area contributed by atoms with Gasteiger partial charge in [-0.25, -0.2) is 9.97 Å². The van der Waals surface area contributed by atoms with Crippen molar-refractivity contribution in [2.24, 2.45) is 5.73 Å². The van der Waals surface area contributed by atoms with Crippen LogP contribution < -0.4 is 10.6 Å². The van der Waals surface area contributed by atoms with E-state index in [1.807, 2.05) is 18.3 Å². The van der Waals surface area contributed by atoms with Gasteiger partial charge in [0.25, 0.3) is 0 Å². The first-order valence-electron chi connectivity index (χ1n) is 7.57. The molecule has 1 heterocycles. The van der Waals surface area contributed by atoms with Crippen LogP contribution in [0.5, 0.6) is 0 Å². The largest absolute Gasteiger partial charge is 0.338 e. The normalized spacial score (nSPS) is 15.8. The van der Waals surface area contributed by atoms with Gasteiger partial charge in [0, 0.05) is 24.2 Å². The first kappa shape index (κ1) is 13.3. The minimum absolute atomic E-state index is 0.586. The maximum absolute atomic E-state index is 5.68. The molecule has 0 spiro atoms. The number of nitrogens with two attached hydrogens (primary N) is 1. The van der Waals surface area contributed by atoms with Crippen LogP contribution in [0.25, 0.3) is 10.9 Å². The lowest BCUT2D eigenvalue weighted by molar-refractivity contribution is 0.581. The monoisotopic (exact) mass is 270 g/mol. The minimum atomic E-state index is 0.586. The van der Waals surface area contributed by atoms with Gasteiger partial charge in [0.1, 0.15) is 0 Å². The van der Waals surface area contributed by atoms with Gasteiger partial charge in [-0.1, -0.05) is 31.0 Å². The van der Waals surface area contributed by atoms with Gasteiger partial charge in [0.05, 0.1) is 5.52 Å². The quantitative estimate of drug-likeness (QED) is 0.907. The van der Waals surface area contributed by atoms with Crippen LogP contribution >= 0.6 is 0 Å². The van der Waals surface area contributed by atoms with E-state index in [-0.39, 0.29) is 0 Å². The predicted octanol–water partition coefficient (Wildman–Crippen LogP) is 2.73. The Morgan fingerprint density at radius 2 is 2.00 bits per heavy atom. The van der Waals surface area contributed by atoms with Crippen molar-refractivity contribution in [3.63, 3.8) is 0 Å². The van der Waals surface area contributed by atoms with Crippen LogP contribution in [0.2, 0.25) is 0 Å². The summed E-state index contributed by atoms with van der Waals surface area (Å²) < 4.78 is 0. The van der Waals surface area contributed by atoms with Gasteiger partial charge in [-0.2, -0.15) is 0 Å². The van der Waals surface area contributed by atoms with Crippen LogP contribution in [0.3, 0.4) is 0 Å². The van der Waals surface area contributed by atoms with Crippen molar-refractivity contribution in [2.75, 3.05) is 18.0 Å². The predicted molar refractivity (Wildman–Crippen MR) is 82.8 cm³/mol. The average Bonchev–Trinajstić information content (AvgIpc) is 3.02. The molecule has 1 aromatic heterocycles. The highest BCUT2D eigenvalue weighted by atomic mass is 15.3. The zero-order valence-electron chi connectivity index (χ0n) is 11.8. The first-order valence-corrected chi connectivity index (χ1v) is 7.57. The second kappa shape index (κ2) is 6.18.